The second-order valence-electron chi connectivity index (χ2n) is 4.36. The van der Waals surface area contributed by atoms with Gasteiger partial charge in [-0.15, -0.1) is 0 Å². The van der Waals surface area contributed by atoms with Crippen LogP contribution in [0.3, 0.4) is 0 Å². The van der Waals surface area contributed by atoms with E-state index in [9.17, 15) is 0 Å². The second kappa shape index (κ2) is 5.29. The molecule has 0 radical (unpaired) electrons. The van der Waals surface area contributed by atoms with Gasteiger partial charge in [0.15, 0.2) is 0 Å². The van der Waals surface area contributed by atoms with E-state index in [0.717, 1.165) is 0 Å². The van der Waals surface area contributed by atoms with Gasteiger partial charge in [-0.25, -0.2) is 0 Å². The van der Waals surface area contributed by atoms with E-state index in [1.165, 1.54) is 53.8 Å². The third-order valence-electron chi connectivity index (χ3n) is 3.11. The van der Waals surface area contributed by atoms with Gasteiger partial charge in [-0.2, -0.15) is 0 Å². The van der Waals surface area contributed by atoms with Crippen molar-refractivity contribution >= 4 is 0 Å². The van der Waals surface area contributed by atoms with Crippen molar-refractivity contribution in [2.24, 2.45) is 0 Å². The molecule has 0 bridgehead atoms. The molecule has 1 rings (SSSR count). The standard InChI is InChI=1S/C14H23N/c1-6-8-13-10(3)14(9-7-2)12(5)15-11(13)4/h6-9H2,1-5H3. The lowest BCUT2D eigenvalue weighted by atomic mass is 9.94. The van der Waals surface area contributed by atoms with Gasteiger partial charge in [-0.05, 0) is 50.3 Å². The van der Waals surface area contributed by atoms with Crippen LogP contribution in [0.2, 0.25) is 0 Å². The Balaban J connectivity index is 3.22. The van der Waals surface area contributed by atoms with E-state index in [0.29, 0.717) is 0 Å². The maximum atomic E-state index is 4.67. The smallest absolute Gasteiger partial charge is 0.0410 e. The fraction of sp³-hybridized carbons (Fsp3) is 0.643. The quantitative estimate of drug-likeness (QED) is 0.726. The van der Waals surface area contributed by atoms with E-state index in [4.69, 9.17) is 0 Å². The zero-order valence-corrected chi connectivity index (χ0v) is 10.8. The van der Waals surface area contributed by atoms with Crippen LogP contribution in [-0.4, -0.2) is 4.98 Å². The predicted molar refractivity (Wildman–Crippen MR) is 66.4 cm³/mol. The molecule has 15 heavy (non-hydrogen) atoms. The van der Waals surface area contributed by atoms with Crippen LogP contribution in [0.25, 0.3) is 0 Å². The summed E-state index contributed by atoms with van der Waals surface area (Å²) in [7, 11) is 0. The van der Waals surface area contributed by atoms with Crippen LogP contribution in [0.15, 0.2) is 0 Å². The minimum Gasteiger partial charge on any atom is -0.258 e. The van der Waals surface area contributed by atoms with Crippen LogP contribution < -0.4 is 0 Å². The highest BCUT2D eigenvalue weighted by Gasteiger charge is 2.10. The van der Waals surface area contributed by atoms with Gasteiger partial charge in [-0.1, -0.05) is 26.7 Å². The van der Waals surface area contributed by atoms with E-state index < -0.39 is 0 Å². The zero-order valence-electron chi connectivity index (χ0n) is 10.8. The first-order valence-electron chi connectivity index (χ1n) is 6.07. The molecule has 0 unspecified atom stereocenters. The molecule has 1 nitrogen and oxygen atoms in total. The molecule has 0 atom stereocenters. The SMILES string of the molecule is CCCc1c(C)nc(C)c(CCC)c1C. The molecule has 0 aromatic carbocycles. The molecule has 0 aliphatic rings. The van der Waals surface area contributed by atoms with Gasteiger partial charge in [0.1, 0.15) is 0 Å². The van der Waals surface area contributed by atoms with Crippen molar-refractivity contribution in [3.63, 3.8) is 0 Å². The first-order chi connectivity index (χ1) is 7.11. The van der Waals surface area contributed by atoms with Crippen LogP contribution in [0, 0.1) is 20.8 Å². The van der Waals surface area contributed by atoms with E-state index in [1.807, 2.05) is 0 Å². The summed E-state index contributed by atoms with van der Waals surface area (Å²) in [6.45, 7) is 11.0. The van der Waals surface area contributed by atoms with Gasteiger partial charge in [-0.3, -0.25) is 4.98 Å². The van der Waals surface area contributed by atoms with E-state index in [-0.39, 0.29) is 0 Å². The molecular formula is C14H23N. The Hall–Kier alpha value is -0.850. The predicted octanol–water partition coefficient (Wildman–Crippen LogP) is 3.91. The Morgan fingerprint density at radius 1 is 0.800 bits per heavy atom. The van der Waals surface area contributed by atoms with Crippen LogP contribution in [0.5, 0.6) is 0 Å². The van der Waals surface area contributed by atoms with Gasteiger partial charge in [0.2, 0.25) is 0 Å². The van der Waals surface area contributed by atoms with Crippen molar-refractivity contribution in [1.82, 2.24) is 4.98 Å². The van der Waals surface area contributed by atoms with E-state index >= 15 is 0 Å². The van der Waals surface area contributed by atoms with Gasteiger partial charge in [0, 0.05) is 11.4 Å². The summed E-state index contributed by atoms with van der Waals surface area (Å²) in [6, 6.07) is 0. The van der Waals surface area contributed by atoms with Crippen molar-refractivity contribution in [1.29, 1.82) is 0 Å². The molecular weight excluding hydrogens is 182 g/mol. The van der Waals surface area contributed by atoms with Crippen molar-refractivity contribution in [2.75, 3.05) is 0 Å². The average Bonchev–Trinajstić information content (AvgIpc) is 2.19. The summed E-state index contributed by atoms with van der Waals surface area (Å²) in [5.74, 6) is 0. The minimum atomic E-state index is 1.17. The topological polar surface area (TPSA) is 12.9 Å². The molecule has 0 amide bonds. The maximum absolute atomic E-state index is 4.67. The largest absolute Gasteiger partial charge is 0.258 e. The molecule has 84 valence electrons. The summed E-state index contributed by atoms with van der Waals surface area (Å²) >= 11 is 0. The summed E-state index contributed by atoms with van der Waals surface area (Å²) in [5.41, 5.74) is 6.90. The molecule has 0 fully saturated rings. The Labute approximate surface area is 93.9 Å². The number of hydrogen-bond donors (Lipinski definition) is 0. The third kappa shape index (κ3) is 2.58. The minimum absolute atomic E-state index is 1.17. The number of pyridine rings is 1. The normalized spacial score (nSPS) is 10.7. The monoisotopic (exact) mass is 205 g/mol. The molecule has 0 saturated heterocycles. The molecule has 0 N–H and O–H groups in total. The van der Waals surface area contributed by atoms with Gasteiger partial charge in [0.05, 0.1) is 0 Å². The average molecular weight is 205 g/mol. The Morgan fingerprint density at radius 2 is 1.20 bits per heavy atom. The molecule has 1 heteroatoms. The molecule has 0 aliphatic heterocycles. The lowest BCUT2D eigenvalue weighted by Gasteiger charge is -2.15. The summed E-state index contributed by atoms with van der Waals surface area (Å²) in [6.07, 6.45) is 4.75. The first kappa shape index (κ1) is 12.2. The molecule has 1 heterocycles. The third-order valence-corrected chi connectivity index (χ3v) is 3.11. The Bertz CT molecular complexity index is 309. The lowest BCUT2D eigenvalue weighted by molar-refractivity contribution is 0.839. The summed E-state index contributed by atoms with van der Waals surface area (Å²) in [5, 5.41) is 0. The molecule has 0 saturated carbocycles. The molecule has 0 aliphatic carbocycles. The Morgan fingerprint density at radius 3 is 1.53 bits per heavy atom. The maximum Gasteiger partial charge on any atom is 0.0410 e. The van der Waals surface area contributed by atoms with Crippen molar-refractivity contribution < 1.29 is 0 Å². The van der Waals surface area contributed by atoms with Crippen LogP contribution in [-0.2, 0) is 12.8 Å². The van der Waals surface area contributed by atoms with Crippen molar-refractivity contribution in [2.45, 2.75) is 60.3 Å². The first-order valence-corrected chi connectivity index (χ1v) is 6.07. The van der Waals surface area contributed by atoms with E-state index in [1.54, 1.807) is 0 Å². The summed E-state index contributed by atoms with van der Waals surface area (Å²) in [4.78, 5) is 4.67. The van der Waals surface area contributed by atoms with Gasteiger partial charge < -0.3 is 0 Å². The number of hydrogen-bond acceptors (Lipinski definition) is 1. The van der Waals surface area contributed by atoms with Crippen molar-refractivity contribution in [3.8, 4) is 0 Å². The number of nitrogens with zero attached hydrogens (tertiary/aromatic N) is 1. The highest BCUT2D eigenvalue weighted by Crippen LogP contribution is 2.22. The fourth-order valence-electron chi connectivity index (χ4n) is 2.35. The van der Waals surface area contributed by atoms with Crippen LogP contribution in [0.4, 0.5) is 0 Å². The van der Waals surface area contributed by atoms with Crippen molar-refractivity contribution in [3.05, 3.63) is 28.1 Å². The second-order valence-corrected chi connectivity index (χ2v) is 4.36. The van der Waals surface area contributed by atoms with Gasteiger partial charge >= 0.3 is 0 Å². The van der Waals surface area contributed by atoms with Gasteiger partial charge in [0.25, 0.3) is 0 Å². The molecule has 1 aromatic heterocycles. The van der Waals surface area contributed by atoms with Crippen LogP contribution in [0.1, 0.15) is 54.8 Å². The summed E-state index contributed by atoms with van der Waals surface area (Å²) < 4.78 is 0. The number of rotatable bonds is 4. The van der Waals surface area contributed by atoms with Crippen LogP contribution >= 0.6 is 0 Å². The molecule has 0 spiro atoms. The fourth-order valence-corrected chi connectivity index (χ4v) is 2.35. The number of aromatic nitrogens is 1. The lowest BCUT2D eigenvalue weighted by Crippen LogP contribution is -2.05. The zero-order chi connectivity index (χ0) is 11.4. The highest BCUT2D eigenvalue weighted by molar-refractivity contribution is 5.39. The Kier molecular flexibility index (Phi) is 4.31. The highest BCUT2D eigenvalue weighted by atomic mass is 14.7. The number of aryl methyl sites for hydroxylation is 2. The van der Waals surface area contributed by atoms with E-state index in [2.05, 4.69) is 39.6 Å². The molecule has 1 aromatic rings.